The Bertz CT molecular complexity index is 550. The molecule has 0 bridgehead atoms. The highest BCUT2D eigenvalue weighted by Gasteiger charge is 2.10. The summed E-state index contributed by atoms with van der Waals surface area (Å²) in [6, 6.07) is 5.37. The molecule has 0 unspecified atom stereocenters. The van der Waals surface area contributed by atoms with Crippen LogP contribution in [-0.4, -0.2) is 21.7 Å². The number of benzene rings is 1. The molecular formula is C14H19FN4. The Morgan fingerprint density at radius 2 is 2.05 bits per heavy atom. The number of nitrogens with two attached hydrogens (primary N) is 1. The molecule has 0 aliphatic heterocycles. The summed E-state index contributed by atoms with van der Waals surface area (Å²) in [6.45, 7) is 1.51. The molecule has 2 N–H and O–H groups in total. The Labute approximate surface area is 112 Å². The number of aryl methyl sites for hydroxylation is 1. The Hall–Kier alpha value is -1.72. The van der Waals surface area contributed by atoms with E-state index in [1.165, 1.54) is 0 Å². The first-order chi connectivity index (χ1) is 9.10. The van der Waals surface area contributed by atoms with Crippen molar-refractivity contribution >= 4 is 0 Å². The van der Waals surface area contributed by atoms with Gasteiger partial charge in [-0.25, -0.2) is 4.39 Å². The van der Waals surface area contributed by atoms with E-state index in [9.17, 15) is 4.39 Å². The van der Waals surface area contributed by atoms with Crippen LogP contribution in [0.3, 0.4) is 0 Å². The predicted molar refractivity (Wildman–Crippen MR) is 72.7 cm³/mol. The number of halogens is 1. The van der Waals surface area contributed by atoms with Crippen molar-refractivity contribution in [1.29, 1.82) is 0 Å². The van der Waals surface area contributed by atoms with Crippen molar-refractivity contribution in [3.05, 3.63) is 53.1 Å². The lowest BCUT2D eigenvalue weighted by molar-refractivity contribution is 0.313. The van der Waals surface area contributed by atoms with Gasteiger partial charge < -0.3 is 5.73 Å². The molecule has 1 aromatic carbocycles. The van der Waals surface area contributed by atoms with Gasteiger partial charge in [0.25, 0.3) is 0 Å². The maximum absolute atomic E-state index is 14.1. The van der Waals surface area contributed by atoms with Gasteiger partial charge in [-0.1, -0.05) is 18.2 Å². The highest BCUT2D eigenvalue weighted by Crippen LogP contribution is 2.15. The van der Waals surface area contributed by atoms with E-state index in [4.69, 9.17) is 5.73 Å². The van der Waals surface area contributed by atoms with Crippen LogP contribution in [0.5, 0.6) is 0 Å². The van der Waals surface area contributed by atoms with Gasteiger partial charge in [0.05, 0.1) is 6.20 Å². The first-order valence-electron chi connectivity index (χ1n) is 6.22. The topological polar surface area (TPSA) is 47.1 Å². The molecule has 102 valence electrons. The van der Waals surface area contributed by atoms with E-state index in [0.29, 0.717) is 17.7 Å². The van der Waals surface area contributed by atoms with Crippen LogP contribution >= 0.6 is 0 Å². The van der Waals surface area contributed by atoms with Crippen molar-refractivity contribution in [2.75, 3.05) is 7.05 Å². The first-order valence-corrected chi connectivity index (χ1v) is 6.22. The summed E-state index contributed by atoms with van der Waals surface area (Å²) in [4.78, 5) is 2.05. The molecule has 5 heteroatoms. The number of rotatable bonds is 5. The summed E-state index contributed by atoms with van der Waals surface area (Å²) in [5.41, 5.74) is 7.86. The third-order valence-corrected chi connectivity index (χ3v) is 3.03. The van der Waals surface area contributed by atoms with E-state index in [0.717, 1.165) is 12.1 Å². The number of nitrogens with zero attached hydrogens (tertiary/aromatic N) is 3. The van der Waals surface area contributed by atoms with E-state index >= 15 is 0 Å². The highest BCUT2D eigenvalue weighted by atomic mass is 19.1. The molecule has 1 aromatic heterocycles. The zero-order chi connectivity index (χ0) is 13.8. The lowest BCUT2D eigenvalue weighted by atomic mass is 10.1. The minimum absolute atomic E-state index is 0.192. The van der Waals surface area contributed by atoms with Gasteiger partial charge in [-0.15, -0.1) is 0 Å². The van der Waals surface area contributed by atoms with Gasteiger partial charge >= 0.3 is 0 Å². The van der Waals surface area contributed by atoms with Crippen molar-refractivity contribution in [2.24, 2.45) is 12.8 Å². The van der Waals surface area contributed by atoms with E-state index in [1.807, 2.05) is 32.6 Å². The third kappa shape index (κ3) is 3.39. The SMILES string of the molecule is CN(Cc1cnn(C)c1)Cc1cccc(CN)c1F. The normalized spacial score (nSPS) is 11.2. The maximum atomic E-state index is 14.1. The summed E-state index contributed by atoms with van der Waals surface area (Å²) in [6.07, 6.45) is 3.78. The fourth-order valence-corrected chi connectivity index (χ4v) is 2.12. The minimum atomic E-state index is -0.192. The largest absolute Gasteiger partial charge is 0.326 e. The molecule has 2 rings (SSSR count). The lowest BCUT2D eigenvalue weighted by Gasteiger charge is -2.17. The second kappa shape index (κ2) is 5.95. The van der Waals surface area contributed by atoms with Crippen LogP contribution in [0.2, 0.25) is 0 Å². The smallest absolute Gasteiger partial charge is 0.132 e. The van der Waals surface area contributed by atoms with Crippen LogP contribution in [0.25, 0.3) is 0 Å². The van der Waals surface area contributed by atoms with Gasteiger partial charge in [0.15, 0.2) is 0 Å². The molecule has 0 atom stereocenters. The fraction of sp³-hybridized carbons (Fsp3) is 0.357. The molecule has 0 radical (unpaired) electrons. The van der Waals surface area contributed by atoms with Crippen LogP contribution in [-0.2, 0) is 26.7 Å². The molecule has 0 fully saturated rings. The van der Waals surface area contributed by atoms with Crippen molar-refractivity contribution in [3.63, 3.8) is 0 Å². The number of aromatic nitrogens is 2. The standard InChI is InChI=1S/C14H19FN4/c1-18(8-11-7-17-19(2)9-11)10-13-5-3-4-12(6-16)14(13)15/h3-5,7,9H,6,8,10,16H2,1-2H3. The molecule has 0 amide bonds. The van der Waals surface area contributed by atoms with Crippen LogP contribution in [0.15, 0.2) is 30.6 Å². The minimum Gasteiger partial charge on any atom is -0.326 e. The molecule has 0 saturated heterocycles. The zero-order valence-corrected chi connectivity index (χ0v) is 11.3. The van der Waals surface area contributed by atoms with Crippen LogP contribution in [0, 0.1) is 5.82 Å². The molecule has 0 saturated carbocycles. The predicted octanol–water partition coefficient (Wildman–Crippen LogP) is 1.65. The van der Waals surface area contributed by atoms with Crippen LogP contribution in [0.1, 0.15) is 16.7 Å². The second-order valence-corrected chi connectivity index (χ2v) is 4.79. The van der Waals surface area contributed by atoms with Crippen molar-refractivity contribution < 1.29 is 4.39 Å². The summed E-state index contributed by atoms with van der Waals surface area (Å²) in [7, 11) is 3.84. The van der Waals surface area contributed by atoms with Gasteiger partial charge in [0.2, 0.25) is 0 Å². The monoisotopic (exact) mass is 262 g/mol. The van der Waals surface area contributed by atoms with Crippen molar-refractivity contribution in [1.82, 2.24) is 14.7 Å². The quantitative estimate of drug-likeness (QED) is 0.891. The number of hydrogen-bond donors (Lipinski definition) is 1. The molecule has 0 aliphatic carbocycles. The van der Waals surface area contributed by atoms with Gasteiger partial charge in [0, 0.05) is 49.6 Å². The zero-order valence-electron chi connectivity index (χ0n) is 11.3. The molecule has 0 spiro atoms. The van der Waals surface area contributed by atoms with E-state index < -0.39 is 0 Å². The summed E-state index contributed by atoms with van der Waals surface area (Å²) < 4.78 is 15.8. The molecule has 19 heavy (non-hydrogen) atoms. The Balaban J connectivity index is 2.04. The molecule has 1 heterocycles. The first kappa shape index (κ1) is 13.7. The Kier molecular flexibility index (Phi) is 4.29. The van der Waals surface area contributed by atoms with E-state index in [2.05, 4.69) is 10.00 Å². The van der Waals surface area contributed by atoms with E-state index in [1.54, 1.807) is 16.8 Å². The average Bonchev–Trinajstić information content (AvgIpc) is 2.77. The highest BCUT2D eigenvalue weighted by molar-refractivity contribution is 5.25. The average molecular weight is 262 g/mol. The van der Waals surface area contributed by atoms with Crippen LogP contribution in [0.4, 0.5) is 4.39 Å². The summed E-state index contributed by atoms with van der Waals surface area (Å²) in [5.74, 6) is -0.192. The third-order valence-electron chi connectivity index (χ3n) is 3.03. The molecule has 0 aliphatic rings. The Morgan fingerprint density at radius 3 is 2.68 bits per heavy atom. The van der Waals surface area contributed by atoms with Gasteiger partial charge in [0.1, 0.15) is 5.82 Å². The van der Waals surface area contributed by atoms with Gasteiger partial charge in [-0.3, -0.25) is 9.58 Å². The maximum Gasteiger partial charge on any atom is 0.132 e. The molecule has 4 nitrogen and oxygen atoms in total. The van der Waals surface area contributed by atoms with Crippen molar-refractivity contribution in [2.45, 2.75) is 19.6 Å². The summed E-state index contributed by atoms with van der Waals surface area (Å²) >= 11 is 0. The summed E-state index contributed by atoms with van der Waals surface area (Å²) in [5, 5.41) is 4.12. The molecule has 2 aromatic rings. The molecular weight excluding hydrogens is 243 g/mol. The van der Waals surface area contributed by atoms with E-state index in [-0.39, 0.29) is 12.4 Å². The van der Waals surface area contributed by atoms with Crippen LogP contribution < -0.4 is 5.73 Å². The number of hydrogen-bond acceptors (Lipinski definition) is 3. The van der Waals surface area contributed by atoms with Gasteiger partial charge in [-0.2, -0.15) is 5.10 Å². The van der Waals surface area contributed by atoms with Gasteiger partial charge in [-0.05, 0) is 7.05 Å². The Morgan fingerprint density at radius 1 is 1.32 bits per heavy atom. The van der Waals surface area contributed by atoms with Crippen molar-refractivity contribution in [3.8, 4) is 0 Å². The lowest BCUT2D eigenvalue weighted by Crippen LogP contribution is -2.18. The second-order valence-electron chi connectivity index (χ2n) is 4.79. The fourth-order valence-electron chi connectivity index (χ4n) is 2.12.